The van der Waals surface area contributed by atoms with Crippen molar-refractivity contribution in [2.24, 2.45) is 0 Å². The molecule has 1 heterocycles. The molecule has 0 aliphatic heterocycles. The summed E-state index contributed by atoms with van der Waals surface area (Å²) in [5.41, 5.74) is 2.10. The largest absolute Gasteiger partial charge is 0.497 e. The number of nitrogens with zero attached hydrogens (tertiary/aromatic N) is 2. The fourth-order valence-electron chi connectivity index (χ4n) is 2.51. The summed E-state index contributed by atoms with van der Waals surface area (Å²) >= 11 is 0. The van der Waals surface area contributed by atoms with Crippen LogP contribution in [0.4, 0.5) is 0 Å². The van der Waals surface area contributed by atoms with E-state index in [1.54, 1.807) is 7.11 Å². The van der Waals surface area contributed by atoms with Gasteiger partial charge in [-0.05, 0) is 17.7 Å². The third-order valence-electron chi connectivity index (χ3n) is 3.89. The van der Waals surface area contributed by atoms with Gasteiger partial charge in [-0.3, -0.25) is 14.2 Å². The van der Waals surface area contributed by atoms with Crippen molar-refractivity contribution in [2.45, 2.75) is 13.1 Å². The molecule has 1 amide bonds. The molecule has 0 unspecified atom stereocenters. The maximum atomic E-state index is 12.2. The molecule has 6 nitrogen and oxygen atoms in total. The minimum absolute atomic E-state index is 0.0785. The first-order valence-electron chi connectivity index (χ1n) is 8.17. The summed E-state index contributed by atoms with van der Waals surface area (Å²) in [5.74, 6) is 0.470. The highest BCUT2D eigenvalue weighted by Crippen LogP contribution is 2.13. The Hall–Kier alpha value is -3.41. The van der Waals surface area contributed by atoms with Gasteiger partial charge in [-0.1, -0.05) is 42.5 Å². The molecule has 0 saturated heterocycles. The number of amides is 1. The van der Waals surface area contributed by atoms with Crippen molar-refractivity contribution in [2.75, 3.05) is 7.11 Å². The van der Waals surface area contributed by atoms with Crippen LogP contribution in [-0.2, 0) is 17.9 Å². The second-order valence-corrected chi connectivity index (χ2v) is 5.73. The second kappa shape index (κ2) is 8.11. The van der Waals surface area contributed by atoms with Gasteiger partial charge in [-0.15, -0.1) is 0 Å². The van der Waals surface area contributed by atoms with Gasteiger partial charge in [-0.25, -0.2) is 4.98 Å². The molecule has 0 saturated carbocycles. The van der Waals surface area contributed by atoms with E-state index < -0.39 is 0 Å². The van der Waals surface area contributed by atoms with Gasteiger partial charge in [0.1, 0.15) is 12.3 Å². The van der Waals surface area contributed by atoms with Gasteiger partial charge in [0.15, 0.2) is 0 Å². The monoisotopic (exact) mass is 349 g/mol. The van der Waals surface area contributed by atoms with Crippen LogP contribution in [-0.4, -0.2) is 22.6 Å². The van der Waals surface area contributed by atoms with E-state index in [-0.39, 0.29) is 18.0 Å². The highest BCUT2D eigenvalue weighted by atomic mass is 16.5. The van der Waals surface area contributed by atoms with E-state index >= 15 is 0 Å². The molecular formula is C20H19N3O3. The zero-order valence-electron chi connectivity index (χ0n) is 14.4. The fourth-order valence-corrected chi connectivity index (χ4v) is 2.51. The third-order valence-corrected chi connectivity index (χ3v) is 3.89. The predicted molar refractivity (Wildman–Crippen MR) is 98.8 cm³/mol. The zero-order chi connectivity index (χ0) is 18.4. The van der Waals surface area contributed by atoms with Crippen LogP contribution in [0.2, 0.25) is 0 Å². The Morgan fingerprint density at radius 1 is 1.12 bits per heavy atom. The van der Waals surface area contributed by atoms with Crippen molar-refractivity contribution in [1.29, 1.82) is 0 Å². The second-order valence-electron chi connectivity index (χ2n) is 5.73. The van der Waals surface area contributed by atoms with Gasteiger partial charge in [0.2, 0.25) is 5.91 Å². The van der Waals surface area contributed by atoms with Crippen molar-refractivity contribution in [3.8, 4) is 17.0 Å². The first-order chi connectivity index (χ1) is 12.7. The number of hydrogen-bond donors (Lipinski definition) is 1. The van der Waals surface area contributed by atoms with Crippen LogP contribution in [0.5, 0.6) is 5.75 Å². The molecule has 0 fully saturated rings. The Labute approximate surface area is 151 Å². The minimum Gasteiger partial charge on any atom is -0.497 e. The van der Waals surface area contributed by atoms with Gasteiger partial charge in [0.25, 0.3) is 5.56 Å². The summed E-state index contributed by atoms with van der Waals surface area (Å²) in [5, 5.41) is 2.79. The third kappa shape index (κ3) is 4.36. The molecular weight excluding hydrogens is 330 g/mol. The number of hydrogen-bond acceptors (Lipinski definition) is 4. The number of ether oxygens (including phenoxy) is 1. The molecule has 132 valence electrons. The lowest BCUT2D eigenvalue weighted by molar-refractivity contribution is -0.121. The summed E-state index contributed by atoms with van der Waals surface area (Å²) in [7, 11) is 1.59. The first-order valence-corrected chi connectivity index (χ1v) is 8.17. The van der Waals surface area contributed by atoms with Crippen LogP contribution in [0.3, 0.4) is 0 Å². The smallest absolute Gasteiger partial charge is 0.254 e. The highest BCUT2D eigenvalue weighted by molar-refractivity contribution is 5.75. The lowest BCUT2D eigenvalue weighted by Gasteiger charge is -2.09. The standard InChI is InChI=1S/C20H19N3O3/c1-26-17-9-5-6-15(10-17)12-21-19(24)13-23-14-22-18(11-20(23)25)16-7-3-2-4-8-16/h2-11,14H,12-13H2,1H3,(H,21,24). The van der Waals surface area contributed by atoms with Crippen LogP contribution in [0, 0.1) is 0 Å². The normalized spacial score (nSPS) is 10.3. The minimum atomic E-state index is -0.268. The molecule has 1 N–H and O–H groups in total. The van der Waals surface area contributed by atoms with E-state index in [0.29, 0.717) is 12.2 Å². The summed E-state index contributed by atoms with van der Waals surface area (Å²) in [6.45, 7) is 0.283. The van der Waals surface area contributed by atoms with Crippen molar-refractivity contribution >= 4 is 5.91 Å². The van der Waals surface area contributed by atoms with E-state index in [1.807, 2.05) is 54.6 Å². The molecule has 0 aliphatic carbocycles. The first kappa shape index (κ1) is 17.4. The van der Waals surface area contributed by atoms with E-state index in [4.69, 9.17) is 4.74 Å². The van der Waals surface area contributed by atoms with Crippen molar-refractivity contribution in [3.05, 3.63) is 82.9 Å². The van der Waals surface area contributed by atoms with E-state index in [0.717, 1.165) is 16.9 Å². The number of rotatable bonds is 6. The highest BCUT2D eigenvalue weighted by Gasteiger charge is 2.07. The number of benzene rings is 2. The molecule has 3 aromatic rings. The predicted octanol–water partition coefficient (Wildman–Crippen LogP) is 2.24. The van der Waals surface area contributed by atoms with Crippen molar-refractivity contribution in [1.82, 2.24) is 14.9 Å². The van der Waals surface area contributed by atoms with Crippen LogP contribution >= 0.6 is 0 Å². The maximum Gasteiger partial charge on any atom is 0.254 e. The van der Waals surface area contributed by atoms with E-state index in [9.17, 15) is 9.59 Å². The molecule has 0 atom stereocenters. The maximum absolute atomic E-state index is 12.2. The number of carbonyl (C=O) groups excluding carboxylic acids is 1. The lowest BCUT2D eigenvalue weighted by atomic mass is 10.1. The SMILES string of the molecule is COc1cccc(CNC(=O)Cn2cnc(-c3ccccc3)cc2=O)c1. The summed E-state index contributed by atoms with van der Waals surface area (Å²) in [4.78, 5) is 28.6. The van der Waals surface area contributed by atoms with Crippen LogP contribution in [0.1, 0.15) is 5.56 Å². The van der Waals surface area contributed by atoms with Crippen LogP contribution < -0.4 is 15.6 Å². The van der Waals surface area contributed by atoms with Crippen LogP contribution in [0.15, 0.2) is 71.8 Å². The Bertz CT molecular complexity index is 952. The Morgan fingerprint density at radius 2 is 1.92 bits per heavy atom. The average Bonchev–Trinajstić information content (AvgIpc) is 2.69. The molecule has 26 heavy (non-hydrogen) atoms. The molecule has 1 aromatic heterocycles. The molecule has 0 spiro atoms. The van der Waals surface area contributed by atoms with Crippen molar-refractivity contribution < 1.29 is 9.53 Å². The fraction of sp³-hybridized carbons (Fsp3) is 0.150. The van der Waals surface area contributed by atoms with Crippen LogP contribution in [0.25, 0.3) is 11.3 Å². The summed E-state index contributed by atoms with van der Waals surface area (Å²) in [6.07, 6.45) is 1.40. The molecule has 0 radical (unpaired) electrons. The summed E-state index contributed by atoms with van der Waals surface area (Å²) in [6, 6.07) is 18.3. The van der Waals surface area contributed by atoms with Gasteiger partial charge >= 0.3 is 0 Å². The Balaban J connectivity index is 1.63. The zero-order valence-corrected chi connectivity index (χ0v) is 14.4. The van der Waals surface area contributed by atoms with E-state index in [1.165, 1.54) is 17.0 Å². The van der Waals surface area contributed by atoms with Gasteiger partial charge < -0.3 is 10.1 Å². The molecule has 2 aromatic carbocycles. The number of methoxy groups -OCH3 is 1. The number of carbonyl (C=O) groups is 1. The lowest BCUT2D eigenvalue weighted by Crippen LogP contribution is -2.31. The molecule has 0 bridgehead atoms. The topological polar surface area (TPSA) is 73.2 Å². The molecule has 6 heteroatoms. The van der Waals surface area contributed by atoms with E-state index in [2.05, 4.69) is 10.3 Å². The Morgan fingerprint density at radius 3 is 2.65 bits per heavy atom. The average molecular weight is 349 g/mol. The summed E-state index contributed by atoms with van der Waals surface area (Å²) < 4.78 is 6.44. The number of nitrogens with one attached hydrogen (secondary N) is 1. The van der Waals surface area contributed by atoms with Gasteiger partial charge in [0, 0.05) is 18.2 Å². The molecule has 0 aliphatic rings. The number of aromatic nitrogens is 2. The van der Waals surface area contributed by atoms with Gasteiger partial charge in [-0.2, -0.15) is 0 Å². The Kier molecular flexibility index (Phi) is 5.43. The molecule has 3 rings (SSSR count). The van der Waals surface area contributed by atoms with Crippen molar-refractivity contribution in [3.63, 3.8) is 0 Å². The quantitative estimate of drug-likeness (QED) is 0.741. The van der Waals surface area contributed by atoms with Gasteiger partial charge in [0.05, 0.1) is 19.1 Å².